The molecule has 0 spiro atoms. The lowest BCUT2D eigenvalue weighted by Crippen LogP contribution is -2.14. The van der Waals surface area contributed by atoms with E-state index in [4.69, 9.17) is 4.74 Å². The number of nitrogens with one attached hydrogen (secondary N) is 1. The van der Waals surface area contributed by atoms with Crippen molar-refractivity contribution in [3.63, 3.8) is 0 Å². The van der Waals surface area contributed by atoms with Gasteiger partial charge in [0.2, 0.25) is 0 Å². The quantitative estimate of drug-likeness (QED) is 0.762. The summed E-state index contributed by atoms with van der Waals surface area (Å²) in [5.74, 6) is 0. The van der Waals surface area contributed by atoms with Gasteiger partial charge in [0, 0.05) is 18.9 Å². The van der Waals surface area contributed by atoms with Crippen LogP contribution in [0.1, 0.15) is 45.1 Å². The van der Waals surface area contributed by atoms with Crippen molar-refractivity contribution in [2.24, 2.45) is 0 Å². The molecule has 74 valence electrons. The van der Waals surface area contributed by atoms with Gasteiger partial charge in [-0.2, -0.15) is 5.10 Å². The fourth-order valence-corrected chi connectivity index (χ4v) is 1.32. The van der Waals surface area contributed by atoms with E-state index < -0.39 is 0 Å². The Labute approximate surface area is 79.5 Å². The zero-order valence-electron chi connectivity index (χ0n) is 9.01. The Bertz CT molecular complexity index is 273. The molecule has 3 nitrogen and oxygen atoms in total. The minimum atomic E-state index is 0.0560. The number of aromatic amines is 1. The molecule has 0 aromatic carbocycles. The maximum absolute atomic E-state index is 5.25. The molecule has 0 aliphatic heterocycles. The zero-order valence-corrected chi connectivity index (χ0v) is 9.01. The molecule has 1 atom stereocenters. The van der Waals surface area contributed by atoms with Gasteiger partial charge in [-0.05, 0) is 12.3 Å². The molecule has 1 heterocycles. The van der Waals surface area contributed by atoms with Crippen LogP contribution in [0.5, 0.6) is 0 Å². The normalized spacial score (nSPS) is 14.5. The van der Waals surface area contributed by atoms with Crippen molar-refractivity contribution in [2.75, 3.05) is 7.11 Å². The number of nitrogens with zero attached hydrogens (tertiary/aromatic N) is 1. The number of hydrogen-bond donors (Lipinski definition) is 1. The second-order valence-corrected chi connectivity index (χ2v) is 4.31. The largest absolute Gasteiger partial charge is 0.375 e. The predicted molar refractivity (Wildman–Crippen MR) is 52.7 cm³/mol. The van der Waals surface area contributed by atoms with Crippen LogP contribution in [-0.4, -0.2) is 17.3 Å². The number of methoxy groups -OCH3 is 1. The van der Waals surface area contributed by atoms with Gasteiger partial charge in [-0.1, -0.05) is 20.8 Å². The third-order valence-corrected chi connectivity index (χ3v) is 2.22. The minimum absolute atomic E-state index is 0.0560. The van der Waals surface area contributed by atoms with Gasteiger partial charge in [0.05, 0.1) is 11.8 Å². The molecular formula is C10H18N2O. The average molecular weight is 182 g/mol. The smallest absolute Gasteiger partial charge is 0.0984 e. The summed E-state index contributed by atoms with van der Waals surface area (Å²) in [4.78, 5) is 0. The fraction of sp³-hybridized carbons (Fsp3) is 0.700. The Hall–Kier alpha value is -0.830. The van der Waals surface area contributed by atoms with Crippen LogP contribution in [0.3, 0.4) is 0 Å². The second-order valence-electron chi connectivity index (χ2n) is 4.31. The summed E-state index contributed by atoms with van der Waals surface area (Å²) in [5, 5.41) is 7.09. The minimum Gasteiger partial charge on any atom is -0.375 e. The van der Waals surface area contributed by atoms with E-state index in [9.17, 15) is 0 Å². The third-order valence-electron chi connectivity index (χ3n) is 2.22. The van der Waals surface area contributed by atoms with Crippen molar-refractivity contribution >= 4 is 0 Å². The predicted octanol–water partition coefficient (Wildman–Crippen LogP) is 2.41. The first-order chi connectivity index (χ1) is 5.96. The molecule has 0 aliphatic carbocycles. The molecule has 0 amide bonds. The van der Waals surface area contributed by atoms with Crippen LogP contribution in [0.2, 0.25) is 0 Å². The van der Waals surface area contributed by atoms with E-state index in [1.54, 1.807) is 7.11 Å². The first-order valence-electron chi connectivity index (χ1n) is 4.53. The number of aromatic nitrogens is 2. The molecule has 0 saturated heterocycles. The van der Waals surface area contributed by atoms with Gasteiger partial charge < -0.3 is 4.74 Å². The fourth-order valence-electron chi connectivity index (χ4n) is 1.32. The van der Waals surface area contributed by atoms with Gasteiger partial charge in [0.15, 0.2) is 0 Å². The lowest BCUT2D eigenvalue weighted by Gasteiger charge is -2.20. The highest BCUT2D eigenvalue weighted by molar-refractivity contribution is 5.26. The summed E-state index contributed by atoms with van der Waals surface area (Å²) in [6, 6.07) is 0. The number of rotatable bonds is 2. The van der Waals surface area contributed by atoms with Gasteiger partial charge >= 0.3 is 0 Å². The van der Waals surface area contributed by atoms with Crippen LogP contribution in [0.25, 0.3) is 0 Å². The van der Waals surface area contributed by atoms with Gasteiger partial charge in [0.1, 0.15) is 0 Å². The Morgan fingerprint density at radius 2 is 2.08 bits per heavy atom. The Morgan fingerprint density at radius 1 is 1.46 bits per heavy atom. The van der Waals surface area contributed by atoms with E-state index in [2.05, 4.69) is 31.0 Å². The lowest BCUT2D eigenvalue weighted by molar-refractivity contribution is 0.114. The number of ether oxygens (including phenoxy) is 1. The molecule has 0 fully saturated rings. The Morgan fingerprint density at radius 3 is 2.54 bits per heavy atom. The summed E-state index contributed by atoms with van der Waals surface area (Å²) in [7, 11) is 1.70. The van der Waals surface area contributed by atoms with E-state index in [0.717, 1.165) is 5.69 Å². The van der Waals surface area contributed by atoms with E-state index in [1.165, 1.54) is 5.56 Å². The van der Waals surface area contributed by atoms with Crippen LogP contribution < -0.4 is 0 Å². The van der Waals surface area contributed by atoms with Crippen LogP contribution in [0.4, 0.5) is 0 Å². The third kappa shape index (κ3) is 2.10. The highest BCUT2D eigenvalue weighted by atomic mass is 16.5. The average Bonchev–Trinajstić information content (AvgIpc) is 2.49. The first kappa shape index (κ1) is 10.3. The maximum atomic E-state index is 5.25. The molecule has 13 heavy (non-hydrogen) atoms. The van der Waals surface area contributed by atoms with Crippen molar-refractivity contribution in [3.8, 4) is 0 Å². The molecule has 1 rings (SSSR count). The van der Waals surface area contributed by atoms with Crippen LogP contribution in [0, 0.1) is 0 Å². The van der Waals surface area contributed by atoms with E-state index >= 15 is 0 Å². The van der Waals surface area contributed by atoms with Crippen molar-refractivity contribution in [1.29, 1.82) is 0 Å². The van der Waals surface area contributed by atoms with Crippen molar-refractivity contribution in [1.82, 2.24) is 10.2 Å². The summed E-state index contributed by atoms with van der Waals surface area (Å²) in [5.41, 5.74) is 2.35. The summed E-state index contributed by atoms with van der Waals surface area (Å²) < 4.78 is 5.25. The standard InChI is InChI=1S/C10H18N2O/c1-7(13-5)9-8(6-11-12-9)10(2,3)4/h6-7H,1-5H3,(H,11,12). The van der Waals surface area contributed by atoms with E-state index in [1.807, 2.05) is 13.1 Å². The molecule has 0 aliphatic rings. The Kier molecular flexibility index (Phi) is 2.76. The summed E-state index contributed by atoms with van der Waals surface area (Å²) >= 11 is 0. The SMILES string of the molecule is COC(C)c1n[nH]cc1C(C)(C)C. The number of H-pyrrole nitrogens is 1. The summed E-state index contributed by atoms with van der Waals surface area (Å²) in [6.45, 7) is 8.52. The zero-order chi connectivity index (χ0) is 10.1. The topological polar surface area (TPSA) is 37.9 Å². The maximum Gasteiger partial charge on any atom is 0.0984 e. The van der Waals surface area contributed by atoms with Gasteiger partial charge in [0.25, 0.3) is 0 Å². The van der Waals surface area contributed by atoms with Crippen molar-refractivity contribution in [2.45, 2.75) is 39.2 Å². The monoisotopic (exact) mass is 182 g/mol. The Balaban J connectivity index is 3.03. The van der Waals surface area contributed by atoms with Crippen molar-refractivity contribution < 1.29 is 4.74 Å². The molecule has 1 aromatic rings. The van der Waals surface area contributed by atoms with E-state index in [-0.39, 0.29) is 11.5 Å². The lowest BCUT2D eigenvalue weighted by atomic mass is 9.86. The molecule has 0 radical (unpaired) electrons. The van der Waals surface area contributed by atoms with Crippen molar-refractivity contribution in [3.05, 3.63) is 17.5 Å². The molecule has 1 aromatic heterocycles. The molecule has 0 saturated carbocycles. The summed E-state index contributed by atoms with van der Waals surface area (Å²) in [6.07, 6.45) is 2.01. The highest BCUT2D eigenvalue weighted by Gasteiger charge is 2.22. The molecule has 3 heteroatoms. The van der Waals surface area contributed by atoms with Crippen LogP contribution in [0.15, 0.2) is 6.20 Å². The van der Waals surface area contributed by atoms with Crippen LogP contribution in [-0.2, 0) is 10.2 Å². The van der Waals surface area contributed by atoms with Crippen LogP contribution >= 0.6 is 0 Å². The van der Waals surface area contributed by atoms with Gasteiger partial charge in [-0.25, -0.2) is 0 Å². The number of hydrogen-bond acceptors (Lipinski definition) is 2. The molecule has 1 unspecified atom stereocenters. The first-order valence-corrected chi connectivity index (χ1v) is 4.53. The molecule has 1 N–H and O–H groups in total. The second kappa shape index (κ2) is 3.50. The van der Waals surface area contributed by atoms with Gasteiger partial charge in [-0.3, -0.25) is 5.10 Å². The highest BCUT2D eigenvalue weighted by Crippen LogP contribution is 2.28. The molecule has 0 bridgehead atoms. The molecular weight excluding hydrogens is 164 g/mol. The van der Waals surface area contributed by atoms with E-state index in [0.29, 0.717) is 0 Å². The van der Waals surface area contributed by atoms with Gasteiger partial charge in [-0.15, -0.1) is 0 Å².